The zero-order chi connectivity index (χ0) is 5.82. The van der Waals surface area contributed by atoms with Gasteiger partial charge in [0.2, 0.25) is 0 Å². The summed E-state index contributed by atoms with van der Waals surface area (Å²) in [5.74, 6) is 7.02. The van der Waals surface area contributed by atoms with Crippen molar-refractivity contribution in [2.45, 2.75) is 26.2 Å². The first-order valence-corrected chi connectivity index (χ1v) is 3.22. The van der Waals surface area contributed by atoms with Crippen LogP contribution in [0.3, 0.4) is 0 Å². The summed E-state index contributed by atoms with van der Waals surface area (Å²) in [6.45, 7) is 2.09. The molecule has 0 aromatic heterocycles. The van der Waals surface area contributed by atoms with Crippen LogP contribution >= 0.6 is 0 Å². The predicted octanol–water partition coefficient (Wildman–Crippen LogP) is 2.01. The second-order valence-corrected chi connectivity index (χ2v) is 2.14. The van der Waals surface area contributed by atoms with Crippen LogP contribution < -0.4 is 0 Å². The molecule has 1 aliphatic carbocycles. The lowest BCUT2D eigenvalue weighted by molar-refractivity contribution is 0.913. The van der Waals surface area contributed by atoms with Crippen LogP contribution in [0.25, 0.3) is 0 Å². The highest BCUT2D eigenvalue weighted by atomic mass is 14.2. The molecule has 8 heavy (non-hydrogen) atoms. The molecule has 0 heteroatoms. The van der Waals surface area contributed by atoms with E-state index >= 15 is 0 Å². The van der Waals surface area contributed by atoms with Gasteiger partial charge in [-0.1, -0.05) is 6.92 Å². The number of hydrogen-bond acceptors (Lipinski definition) is 0. The molecule has 1 fully saturated rings. The molecule has 0 saturated heterocycles. The molecule has 0 N–H and O–H groups in total. The van der Waals surface area contributed by atoms with E-state index in [1.54, 1.807) is 0 Å². The van der Waals surface area contributed by atoms with E-state index in [0.717, 1.165) is 18.8 Å². The van der Waals surface area contributed by atoms with E-state index in [2.05, 4.69) is 25.2 Å². The zero-order valence-corrected chi connectivity index (χ0v) is 5.28. The van der Waals surface area contributed by atoms with Crippen LogP contribution in [-0.2, 0) is 0 Å². The molecule has 0 aromatic carbocycles. The lowest BCUT2D eigenvalue weighted by atomic mass is 10.3. The Morgan fingerprint density at radius 1 is 1.62 bits per heavy atom. The highest BCUT2D eigenvalue weighted by Gasteiger charge is 2.19. The Bertz CT molecular complexity index is 110. The Morgan fingerprint density at radius 2 is 2.38 bits per heavy atom. The van der Waals surface area contributed by atoms with E-state index in [1.807, 2.05) is 0 Å². The Labute approximate surface area is 51.3 Å². The fourth-order valence-electron chi connectivity index (χ4n) is 0.591. The maximum atomic E-state index is 3.12. The molecular formula is C8H11. The van der Waals surface area contributed by atoms with E-state index in [1.165, 1.54) is 6.42 Å². The van der Waals surface area contributed by atoms with Gasteiger partial charge in [-0.25, -0.2) is 0 Å². The first-order chi connectivity index (χ1) is 3.93. The van der Waals surface area contributed by atoms with Crippen LogP contribution in [0.15, 0.2) is 0 Å². The molecule has 1 rings (SSSR count). The minimum absolute atomic E-state index is 0.856. The van der Waals surface area contributed by atoms with Gasteiger partial charge in [0.05, 0.1) is 0 Å². The minimum atomic E-state index is 0.856. The zero-order valence-electron chi connectivity index (χ0n) is 5.28. The Hall–Kier alpha value is -0.440. The Morgan fingerprint density at radius 3 is 2.88 bits per heavy atom. The van der Waals surface area contributed by atoms with E-state index in [-0.39, 0.29) is 0 Å². The molecule has 0 amide bonds. The summed E-state index contributed by atoms with van der Waals surface area (Å²) in [4.78, 5) is 0. The molecule has 0 nitrogen and oxygen atoms in total. The molecule has 1 atom stereocenters. The Balaban J connectivity index is 2.01. The largest absolute Gasteiger partial charge is 0.104 e. The van der Waals surface area contributed by atoms with Crippen molar-refractivity contribution in [2.75, 3.05) is 0 Å². The average molecular weight is 107 g/mol. The van der Waals surface area contributed by atoms with Crippen LogP contribution in [-0.4, -0.2) is 0 Å². The molecule has 0 aromatic rings. The summed E-state index contributed by atoms with van der Waals surface area (Å²) >= 11 is 0. The fourth-order valence-corrected chi connectivity index (χ4v) is 0.591. The smallest absolute Gasteiger partial charge is 0.0120 e. The fraction of sp³-hybridized carbons (Fsp3) is 0.625. The summed E-state index contributed by atoms with van der Waals surface area (Å²) in [5, 5.41) is 0. The molecule has 0 heterocycles. The van der Waals surface area contributed by atoms with Crippen molar-refractivity contribution in [1.29, 1.82) is 0 Å². The summed E-state index contributed by atoms with van der Waals surface area (Å²) < 4.78 is 0. The van der Waals surface area contributed by atoms with Gasteiger partial charge < -0.3 is 0 Å². The van der Waals surface area contributed by atoms with Gasteiger partial charge >= 0.3 is 0 Å². The van der Waals surface area contributed by atoms with Crippen LogP contribution in [0.4, 0.5) is 0 Å². The summed E-state index contributed by atoms with van der Waals surface area (Å²) in [5.41, 5.74) is 0. The van der Waals surface area contributed by atoms with Gasteiger partial charge in [-0.2, -0.15) is 0 Å². The minimum Gasteiger partial charge on any atom is -0.104 e. The first-order valence-electron chi connectivity index (χ1n) is 3.22. The normalized spacial score (nSPS) is 17.1. The van der Waals surface area contributed by atoms with Gasteiger partial charge in [-0.3, -0.25) is 0 Å². The van der Waals surface area contributed by atoms with Gasteiger partial charge in [0.15, 0.2) is 0 Å². The van der Waals surface area contributed by atoms with Crippen LogP contribution in [0.5, 0.6) is 0 Å². The molecular weight excluding hydrogens is 96.1 g/mol. The van der Waals surface area contributed by atoms with Crippen molar-refractivity contribution in [3.8, 4) is 11.8 Å². The highest BCUT2D eigenvalue weighted by molar-refractivity contribution is 5.06. The quantitative estimate of drug-likeness (QED) is 0.450. The van der Waals surface area contributed by atoms with E-state index in [9.17, 15) is 0 Å². The SMILES string of the molecule is CCC#CCC1[CH]C1. The second-order valence-electron chi connectivity index (χ2n) is 2.14. The van der Waals surface area contributed by atoms with Gasteiger partial charge in [0, 0.05) is 12.8 Å². The molecule has 1 saturated carbocycles. The number of rotatable bonds is 1. The maximum Gasteiger partial charge on any atom is 0.0120 e. The van der Waals surface area contributed by atoms with Gasteiger partial charge in [0.25, 0.3) is 0 Å². The summed E-state index contributed by atoms with van der Waals surface area (Å²) in [7, 11) is 0. The topological polar surface area (TPSA) is 0 Å². The van der Waals surface area contributed by atoms with E-state index in [0.29, 0.717) is 0 Å². The third kappa shape index (κ3) is 2.02. The maximum absolute atomic E-state index is 3.12. The molecule has 1 aliphatic rings. The Kier molecular flexibility index (Phi) is 1.97. The van der Waals surface area contributed by atoms with E-state index in [4.69, 9.17) is 0 Å². The van der Waals surface area contributed by atoms with E-state index < -0.39 is 0 Å². The lowest BCUT2D eigenvalue weighted by Gasteiger charge is -1.77. The summed E-state index contributed by atoms with van der Waals surface area (Å²) in [6, 6.07) is 0. The average Bonchev–Trinajstić information content (AvgIpc) is 2.51. The molecule has 1 unspecified atom stereocenters. The third-order valence-electron chi connectivity index (χ3n) is 1.24. The van der Waals surface area contributed by atoms with Gasteiger partial charge in [-0.15, -0.1) is 11.8 Å². The van der Waals surface area contributed by atoms with Crippen LogP contribution in [0, 0.1) is 24.2 Å². The molecule has 0 spiro atoms. The van der Waals surface area contributed by atoms with Gasteiger partial charge in [0.1, 0.15) is 0 Å². The molecule has 0 bridgehead atoms. The highest BCUT2D eigenvalue weighted by Crippen LogP contribution is 2.29. The second kappa shape index (κ2) is 2.77. The summed E-state index contributed by atoms with van der Waals surface area (Å²) in [6.07, 6.45) is 5.73. The van der Waals surface area contributed by atoms with Crippen molar-refractivity contribution >= 4 is 0 Å². The van der Waals surface area contributed by atoms with Crippen molar-refractivity contribution in [3.63, 3.8) is 0 Å². The predicted molar refractivity (Wildman–Crippen MR) is 35.1 cm³/mol. The van der Waals surface area contributed by atoms with Crippen molar-refractivity contribution in [3.05, 3.63) is 6.42 Å². The van der Waals surface area contributed by atoms with Crippen LogP contribution in [0.2, 0.25) is 0 Å². The van der Waals surface area contributed by atoms with Crippen molar-refractivity contribution in [1.82, 2.24) is 0 Å². The molecule has 0 aliphatic heterocycles. The lowest BCUT2D eigenvalue weighted by Crippen LogP contribution is -1.67. The molecule has 1 radical (unpaired) electrons. The van der Waals surface area contributed by atoms with Gasteiger partial charge in [-0.05, 0) is 18.8 Å². The standard InChI is InChI=1S/C8H11/c1-2-3-4-5-8-6-7-8/h6,8H,2,5,7H2,1H3. The van der Waals surface area contributed by atoms with Crippen molar-refractivity contribution < 1.29 is 0 Å². The van der Waals surface area contributed by atoms with Crippen LogP contribution in [0.1, 0.15) is 26.2 Å². The molecule has 43 valence electrons. The van der Waals surface area contributed by atoms with Crippen molar-refractivity contribution in [2.24, 2.45) is 5.92 Å². The number of hydrogen-bond donors (Lipinski definition) is 0. The first kappa shape index (κ1) is 5.69. The monoisotopic (exact) mass is 107 g/mol. The third-order valence-corrected chi connectivity index (χ3v) is 1.24.